The lowest BCUT2D eigenvalue weighted by Crippen LogP contribution is -2.06. The smallest absolute Gasteiger partial charge is 0.133 e. The second kappa shape index (κ2) is 5.35. The number of aryl methyl sites for hydroxylation is 1. The number of benzene rings is 2. The third-order valence-corrected chi connectivity index (χ3v) is 3.29. The fourth-order valence-corrected chi connectivity index (χ4v) is 2.16. The lowest BCUT2D eigenvalue weighted by molar-refractivity contribution is 0.208. The molecule has 2 rings (SSSR count). The van der Waals surface area contributed by atoms with Crippen LogP contribution < -0.4 is 0 Å². The maximum atomic E-state index is 13.7. The van der Waals surface area contributed by atoms with Crippen LogP contribution in [0.3, 0.4) is 0 Å². The quantitative estimate of drug-likeness (QED) is 0.872. The van der Waals surface area contributed by atoms with Gasteiger partial charge in [-0.25, -0.2) is 13.2 Å². The molecule has 1 nitrogen and oxygen atoms in total. The summed E-state index contributed by atoms with van der Waals surface area (Å²) in [6.45, 7) is 1.56. The predicted octanol–water partition coefficient (Wildman–Crippen LogP) is 4.26. The molecule has 0 saturated heterocycles. The van der Waals surface area contributed by atoms with Crippen molar-refractivity contribution in [2.45, 2.75) is 13.0 Å². The fraction of sp³-hybridized carbons (Fsp3) is 0.143. The van der Waals surface area contributed by atoms with Crippen molar-refractivity contribution in [1.82, 2.24) is 0 Å². The van der Waals surface area contributed by atoms with Crippen molar-refractivity contribution in [2.75, 3.05) is 0 Å². The molecule has 1 unspecified atom stereocenters. The molecule has 1 N–H and O–H groups in total. The van der Waals surface area contributed by atoms with Crippen LogP contribution in [0.1, 0.15) is 22.8 Å². The van der Waals surface area contributed by atoms with Gasteiger partial charge in [0, 0.05) is 4.47 Å². The first-order valence-corrected chi connectivity index (χ1v) is 6.28. The summed E-state index contributed by atoms with van der Waals surface area (Å²) in [6, 6.07) is 6.05. The predicted molar refractivity (Wildman–Crippen MR) is 69.3 cm³/mol. The third kappa shape index (κ3) is 2.82. The zero-order chi connectivity index (χ0) is 14.2. The summed E-state index contributed by atoms with van der Waals surface area (Å²) in [5, 5.41) is 10.00. The van der Waals surface area contributed by atoms with Gasteiger partial charge in [-0.2, -0.15) is 0 Å². The second-order valence-corrected chi connectivity index (χ2v) is 5.11. The van der Waals surface area contributed by atoms with Crippen LogP contribution >= 0.6 is 15.9 Å². The molecule has 0 radical (unpaired) electrons. The van der Waals surface area contributed by atoms with E-state index in [1.165, 1.54) is 12.1 Å². The number of hydrogen-bond acceptors (Lipinski definition) is 1. The van der Waals surface area contributed by atoms with Gasteiger partial charge in [0.1, 0.15) is 23.6 Å². The van der Waals surface area contributed by atoms with Crippen molar-refractivity contribution in [3.05, 3.63) is 68.9 Å². The van der Waals surface area contributed by atoms with E-state index < -0.39 is 29.1 Å². The lowest BCUT2D eigenvalue weighted by atomic mass is 9.99. The van der Waals surface area contributed by atoms with E-state index in [2.05, 4.69) is 15.9 Å². The molecule has 19 heavy (non-hydrogen) atoms. The normalized spacial score (nSPS) is 12.5. The van der Waals surface area contributed by atoms with Gasteiger partial charge in [0.2, 0.25) is 0 Å². The molecule has 0 bridgehead atoms. The molecule has 0 saturated carbocycles. The number of rotatable bonds is 2. The summed E-state index contributed by atoms with van der Waals surface area (Å²) < 4.78 is 41.1. The Balaban J connectivity index is 2.49. The summed E-state index contributed by atoms with van der Waals surface area (Å²) in [5.74, 6) is -2.31. The van der Waals surface area contributed by atoms with Crippen molar-refractivity contribution in [1.29, 1.82) is 0 Å². The highest BCUT2D eigenvalue weighted by Crippen LogP contribution is 2.29. The van der Waals surface area contributed by atoms with Crippen LogP contribution in [0.4, 0.5) is 13.2 Å². The average Bonchev–Trinajstić information content (AvgIpc) is 2.31. The van der Waals surface area contributed by atoms with Gasteiger partial charge in [0.25, 0.3) is 0 Å². The van der Waals surface area contributed by atoms with Crippen LogP contribution in [-0.2, 0) is 0 Å². The van der Waals surface area contributed by atoms with Gasteiger partial charge in [-0.05, 0) is 36.2 Å². The zero-order valence-corrected chi connectivity index (χ0v) is 11.5. The standard InChI is InChI=1S/C14H10BrF3O/c1-7-2-3-8(4-10(7)16)14(19)13-11(17)5-9(15)6-12(13)18/h2-6,14,19H,1H3. The molecule has 100 valence electrons. The molecule has 2 aromatic rings. The minimum atomic E-state index is -1.55. The number of hydrogen-bond donors (Lipinski definition) is 1. The number of aliphatic hydroxyl groups is 1. The molecule has 0 amide bonds. The third-order valence-electron chi connectivity index (χ3n) is 2.83. The van der Waals surface area contributed by atoms with Crippen LogP contribution in [0, 0.1) is 24.4 Å². The Kier molecular flexibility index (Phi) is 3.96. The highest BCUT2D eigenvalue weighted by molar-refractivity contribution is 9.10. The molecule has 0 aromatic heterocycles. The Hall–Kier alpha value is -1.33. The van der Waals surface area contributed by atoms with Crippen LogP contribution in [0.5, 0.6) is 0 Å². The van der Waals surface area contributed by atoms with E-state index in [1.807, 2.05) is 0 Å². The topological polar surface area (TPSA) is 20.2 Å². The van der Waals surface area contributed by atoms with Crippen molar-refractivity contribution < 1.29 is 18.3 Å². The Morgan fingerprint density at radius 3 is 2.11 bits per heavy atom. The summed E-state index contributed by atoms with van der Waals surface area (Å²) in [4.78, 5) is 0. The van der Waals surface area contributed by atoms with Crippen LogP contribution in [0.2, 0.25) is 0 Å². The maximum absolute atomic E-state index is 13.7. The number of halogens is 4. The van der Waals surface area contributed by atoms with Gasteiger partial charge in [-0.1, -0.05) is 28.1 Å². The summed E-state index contributed by atoms with van der Waals surface area (Å²) >= 11 is 2.95. The Bertz CT molecular complexity index is 605. The van der Waals surface area contributed by atoms with Crippen LogP contribution in [-0.4, -0.2) is 5.11 Å². The van der Waals surface area contributed by atoms with Crippen molar-refractivity contribution in [3.63, 3.8) is 0 Å². The van der Waals surface area contributed by atoms with Gasteiger partial charge in [-0.15, -0.1) is 0 Å². The second-order valence-electron chi connectivity index (χ2n) is 4.19. The SMILES string of the molecule is Cc1ccc(C(O)c2c(F)cc(Br)cc2F)cc1F. The molecule has 0 aliphatic heterocycles. The van der Waals surface area contributed by atoms with E-state index in [4.69, 9.17) is 0 Å². The van der Waals surface area contributed by atoms with Crippen LogP contribution in [0.25, 0.3) is 0 Å². The van der Waals surface area contributed by atoms with E-state index in [9.17, 15) is 18.3 Å². The van der Waals surface area contributed by atoms with Gasteiger partial charge in [0.15, 0.2) is 0 Å². The lowest BCUT2D eigenvalue weighted by Gasteiger charge is -2.14. The Morgan fingerprint density at radius 1 is 1.00 bits per heavy atom. The highest BCUT2D eigenvalue weighted by atomic mass is 79.9. The summed E-state index contributed by atoms with van der Waals surface area (Å²) in [5.41, 5.74) is 0.00220. The molecular weight excluding hydrogens is 321 g/mol. The van der Waals surface area contributed by atoms with Crippen LogP contribution in [0.15, 0.2) is 34.8 Å². The first kappa shape index (κ1) is 14.1. The molecule has 0 heterocycles. The molecule has 1 atom stereocenters. The molecule has 0 fully saturated rings. The van der Waals surface area contributed by atoms with E-state index in [0.717, 1.165) is 18.2 Å². The highest BCUT2D eigenvalue weighted by Gasteiger charge is 2.21. The molecule has 2 aromatic carbocycles. The van der Waals surface area contributed by atoms with Crippen molar-refractivity contribution in [3.8, 4) is 0 Å². The average molecular weight is 331 g/mol. The fourth-order valence-electron chi connectivity index (χ4n) is 1.76. The summed E-state index contributed by atoms with van der Waals surface area (Å²) in [6.07, 6.45) is -1.55. The van der Waals surface area contributed by atoms with E-state index in [0.29, 0.717) is 5.56 Å². The zero-order valence-electron chi connectivity index (χ0n) is 9.92. The largest absolute Gasteiger partial charge is 0.383 e. The maximum Gasteiger partial charge on any atom is 0.133 e. The molecular formula is C14H10BrF3O. The molecule has 0 aliphatic rings. The summed E-state index contributed by atoms with van der Waals surface area (Å²) in [7, 11) is 0. The molecule has 5 heteroatoms. The van der Waals surface area contributed by atoms with Gasteiger partial charge in [-0.3, -0.25) is 0 Å². The van der Waals surface area contributed by atoms with Gasteiger partial charge in [0.05, 0.1) is 5.56 Å². The van der Waals surface area contributed by atoms with Gasteiger partial charge >= 0.3 is 0 Å². The van der Waals surface area contributed by atoms with E-state index >= 15 is 0 Å². The van der Waals surface area contributed by atoms with Crippen molar-refractivity contribution >= 4 is 15.9 Å². The van der Waals surface area contributed by atoms with Crippen molar-refractivity contribution in [2.24, 2.45) is 0 Å². The monoisotopic (exact) mass is 330 g/mol. The van der Waals surface area contributed by atoms with E-state index in [-0.39, 0.29) is 10.0 Å². The first-order valence-electron chi connectivity index (χ1n) is 5.48. The first-order chi connectivity index (χ1) is 8.90. The Morgan fingerprint density at radius 2 is 1.58 bits per heavy atom. The minimum absolute atomic E-state index is 0.100. The molecule has 0 aliphatic carbocycles. The Labute approximate surface area is 116 Å². The van der Waals surface area contributed by atoms with Gasteiger partial charge < -0.3 is 5.11 Å². The van der Waals surface area contributed by atoms with E-state index in [1.54, 1.807) is 6.92 Å². The minimum Gasteiger partial charge on any atom is -0.383 e. The molecule has 0 spiro atoms. The number of aliphatic hydroxyl groups excluding tert-OH is 1.